The molecule has 0 spiro atoms. The number of rotatable bonds is 7. The van der Waals surface area contributed by atoms with Crippen LogP contribution >= 0.6 is 0 Å². The average Bonchev–Trinajstić information content (AvgIpc) is 2.84. The number of sulfonamides is 1. The summed E-state index contributed by atoms with van der Waals surface area (Å²) >= 11 is 0. The number of carbonyl (C=O) groups is 1. The van der Waals surface area contributed by atoms with Gasteiger partial charge in [-0.05, 0) is 30.2 Å². The standard InChI is InChI=1S/C26H34N2O5S/c1-5-26(30)27(4)17-24-19(2)16-28(20(3)18-29)34(31,32)25-14-13-22(15-23(25)33-24)12-11-21-9-7-6-8-10-21/h6-15,19-20,24,29H,5,16-18H2,1-4H3/b12-11+/t19-,20+,24+/m1/s1. The second-order valence-corrected chi connectivity index (χ2v) is 10.7. The Morgan fingerprint density at radius 2 is 1.88 bits per heavy atom. The molecule has 0 aromatic heterocycles. The van der Waals surface area contributed by atoms with Crippen LogP contribution in [0.5, 0.6) is 5.75 Å². The molecule has 0 saturated heterocycles. The zero-order valence-electron chi connectivity index (χ0n) is 20.2. The van der Waals surface area contributed by atoms with Crippen LogP contribution < -0.4 is 4.74 Å². The van der Waals surface area contributed by atoms with Gasteiger partial charge in [0.05, 0.1) is 13.2 Å². The van der Waals surface area contributed by atoms with Crippen molar-refractivity contribution in [3.8, 4) is 5.75 Å². The first-order valence-corrected chi connectivity index (χ1v) is 13.0. The number of amides is 1. The summed E-state index contributed by atoms with van der Waals surface area (Å²) < 4.78 is 34.7. The fraction of sp³-hybridized carbons (Fsp3) is 0.423. The molecule has 0 unspecified atom stereocenters. The third kappa shape index (κ3) is 5.87. The van der Waals surface area contributed by atoms with Gasteiger partial charge in [0.25, 0.3) is 0 Å². The highest BCUT2D eigenvalue weighted by Crippen LogP contribution is 2.34. The number of hydrogen-bond acceptors (Lipinski definition) is 5. The van der Waals surface area contributed by atoms with Crippen LogP contribution in [0.4, 0.5) is 0 Å². The topological polar surface area (TPSA) is 87.2 Å². The molecular formula is C26H34N2O5S. The molecule has 7 nitrogen and oxygen atoms in total. The molecule has 184 valence electrons. The maximum Gasteiger partial charge on any atom is 0.247 e. The highest BCUT2D eigenvalue weighted by Gasteiger charge is 2.38. The number of carbonyl (C=O) groups excluding carboxylic acids is 1. The Morgan fingerprint density at radius 3 is 2.53 bits per heavy atom. The van der Waals surface area contributed by atoms with Crippen molar-refractivity contribution in [2.45, 2.75) is 44.2 Å². The molecule has 8 heteroatoms. The van der Waals surface area contributed by atoms with Crippen LogP contribution in [-0.2, 0) is 14.8 Å². The number of likely N-dealkylation sites (N-methyl/N-ethyl adjacent to an activating group) is 1. The van der Waals surface area contributed by atoms with Crippen molar-refractivity contribution in [2.75, 3.05) is 26.7 Å². The van der Waals surface area contributed by atoms with E-state index in [1.54, 1.807) is 44.0 Å². The third-order valence-electron chi connectivity index (χ3n) is 6.14. The van der Waals surface area contributed by atoms with Gasteiger partial charge in [-0.1, -0.05) is 62.4 Å². The summed E-state index contributed by atoms with van der Waals surface area (Å²) in [6.07, 6.45) is 3.82. The lowest BCUT2D eigenvalue weighted by Crippen LogP contribution is -2.50. The Kier molecular flexibility index (Phi) is 8.52. The molecule has 0 bridgehead atoms. The van der Waals surface area contributed by atoms with Crippen LogP contribution in [-0.4, -0.2) is 67.5 Å². The average molecular weight is 487 g/mol. The Bertz CT molecular complexity index is 1120. The van der Waals surface area contributed by atoms with Gasteiger partial charge in [-0.15, -0.1) is 0 Å². The van der Waals surface area contributed by atoms with E-state index in [0.717, 1.165) is 11.1 Å². The summed E-state index contributed by atoms with van der Waals surface area (Å²) in [5.74, 6) is 0.0256. The summed E-state index contributed by atoms with van der Waals surface area (Å²) in [6, 6.07) is 14.2. The minimum atomic E-state index is -3.90. The SMILES string of the molecule is CCC(=O)N(C)C[C@@H]1Oc2cc(/C=C/c3ccccc3)ccc2S(=O)(=O)N([C@@H](C)CO)C[C@H]1C. The monoisotopic (exact) mass is 486 g/mol. The van der Waals surface area contributed by atoms with E-state index in [0.29, 0.717) is 13.0 Å². The van der Waals surface area contributed by atoms with E-state index in [9.17, 15) is 18.3 Å². The van der Waals surface area contributed by atoms with Gasteiger partial charge >= 0.3 is 0 Å². The molecule has 34 heavy (non-hydrogen) atoms. The first-order chi connectivity index (χ1) is 16.2. The number of ether oxygens (including phenoxy) is 1. The van der Waals surface area contributed by atoms with Gasteiger partial charge in [-0.25, -0.2) is 8.42 Å². The first-order valence-electron chi connectivity index (χ1n) is 11.6. The summed E-state index contributed by atoms with van der Waals surface area (Å²) in [5.41, 5.74) is 1.82. The molecule has 0 fully saturated rings. The lowest BCUT2D eigenvalue weighted by molar-refractivity contribution is -0.131. The third-order valence-corrected chi connectivity index (χ3v) is 8.16. The lowest BCUT2D eigenvalue weighted by Gasteiger charge is -2.37. The van der Waals surface area contributed by atoms with Crippen LogP contribution in [0.3, 0.4) is 0 Å². The zero-order chi connectivity index (χ0) is 24.9. The van der Waals surface area contributed by atoms with E-state index in [1.807, 2.05) is 49.4 Å². The first kappa shape index (κ1) is 25.9. The Labute approximate surface area is 202 Å². The van der Waals surface area contributed by atoms with Crippen LogP contribution in [0.1, 0.15) is 38.3 Å². The molecular weight excluding hydrogens is 452 g/mol. The number of benzene rings is 2. The van der Waals surface area contributed by atoms with Crippen LogP contribution in [0, 0.1) is 5.92 Å². The summed E-state index contributed by atoms with van der Waals surface area (Å²) in [6.45, 7) is 5.62. The molecule has 2 aromatic carbocycles. The van der Waals surface area contributed by atoms with Gasteiger partial charge in [0, 0.05) is 32.0 Å². The molecule has 3 atom stereocenters. The Balaban J connectivity index is 2.04. The van der Waals surface area contributed by atoms with Crippen molar-refractivity contribution in [3.05, 3.63) is 59.7 Å². The van der Waals surface area contributed by atoms with E-state index in [2.05, 4.69) is 0 Å². The van der Waals surface area contributed by atoms with Crippen LogP contribution in [0.15, 0.2) is 53.4 Å². The minimum absolute atomic E-state index is 0.00849. The lowest BCUT2D eigenvalue weighted by atomic mass is 10.0. The highest BCUT2D eigenvalue weighted by molar-refractivity contribution is 7.89. The molecule has 1 heterocycles. The second kappa shape index (κ2) is 11.2. The normalized spacial score (nSPS) is 21.2. The van der Waals surface area contributed by atoms with Crippen molar-refractivity contribution in [1.29, 1.82) is 0 Å². The quantitative estimate of drug-likeness (QED) is 0.606. The Morgan fingerprint density at radius 1 is 1.21 bits per heavy atom. The summed E-state index contributed by atoms with van der Waals surface area (Å²) in [5, 5.41) is 9.75. The number of aliphatic hydroxyl groups excluding tert-OH is 1. The van der Waals surface area contributed by atoms with Gasteiger partial charge in [-0.2, -0.15) is 4.31 Å². The van der Waals surface area contributed by atoms with Crippen LogP contribution in [0.2, 0.25) is 0 Å². The predicted octanol–water partition coefficient (Wildman–Crippen LogP) is 3.49. The van der Waals surface area contributed by atoms with Crippen molar-refractivity contribution in [1.82, 2.24) is 9.21 Å². The van der Waals surface area contributed by atoms with E-state index in [1.165, 1.54) is 4.31 Å². The predicted molar refractivity (Wildman–Crippen MR) is 134 cm³/mol. The summed E-state index contributed by atoms with van der Waals surface area (Å²) in [7, 11) is -2.17. The molecule has 1 amide bonds. The maximum atomic E-state index is 13.5. The van der Waals surface area contributed by atoms with Crippen molar-refractivity contribution < 1.29 is 23.1 Å². The molecule has 0 saturated carbocycles. The van der Waals surface area contributed by atoms with Gasteiger partial charge in [0.2, 0.25) is 15.9 Å². The fourth-order valence-electron chi connectivity index (χ4n) is 3.96. The fourth-order valence-corrected chi connectivity index (χ4v) is 5.79. The van der Waals surface area contributed by atoms with Gasteiger partial charge in [-0.3, -0.25) is 4.79 Å². The largest absolute Gasteiger partial charge is 0.487 e. The Hall–Kier alpha value is -2.68. The molecule has 0 aliphatic carbocycles. The minimum Gasteiger partial charge on any atom is -0.487 e. The second-order valence-electron chi connectivity index (χ2n) is 8.82. The van der Waals surface area contributed by atoms with Crippen LogP contribution in [0.25, 0.3) is 12.2 Å². The van der Waals surface area contributed by atoms with E-state index in [4.69, 9.17) is 4.74 Å². The van der Waals surface area contributed by atoms with E-state index < -0.39 is 22.2 Å². The van der Waals surface area contributed by atoms with E-state index in [-0.39, 0.29) is 35.6 Å². The number of aliphatic hydroxyl groups is 1. The number of hydrogen-bond donors (Lipinski definition) is 1. The van der Waals surface area contributed by atoms with Gasteiger partial charge in [0.1, 0.15) is 16.7 Å². The maximum absolute atomic E-state index is 13.5. The number of fused-ring (bicyclic) bond motifs is 1. The highest BCUT2D eigenvalue weighted by atomic mass is 32.2. The van der Waals surface area contributed by atoms with Crippen molar-refractivity contribution >= 4 is 28.1 Å². The van der Waals surface area contributed by atoms with Crippen molar-refractivity contribution in [2.24, 2.45) is 5.92 Å². The molecule has 0 radical (unpaired) electrons. The smallest absolute Gasteiger partial charge is 0.247 e. The molecule has 1 aliphatic rings. The molecule has 1 N–H and O–H groups in total. The molecule has 2 aromatic rings. The zero-order valence-corrected chi connectivity index (χ0v) is 21.0. The van der Waals surface area contributed by atoms with Gasteiger partial charge in [0.15, 0.2) is 0 Å². The molecule has 1 aliphatic heterocycles. The summed E-state index contributed by atoms with van der Waals surface area (Å²) in [4.78, 5) is 13.9. The number of nitrogens with zero attached hydrogens (tertiary/aromatic N) is 2. The molecule has 3 rings (SSSR count). The van der Waals surface area contributed by atoms with Gasteiger partial charge < -0.3 is 14.7 Å². The van der Waals surface area contributed by atoms with Crippen molar-refractivity contribution in [3.63, 3.8) is 0 Å². The van der Waals surface area contributed by atoms with E-state index >= 15 is 0 Å².